The normalized spacial score (nSPS) is 20.6. The van der Waals surface area contributed by atoms with Crippen LogP contribution in [0.3, 0.4) is 0 Å². The lowest BCUT2D eigenvalue weighted by molar-refractivity contribution is 0.160. The minimum absolute atomic E-state index is 0. The molecular formula is C16H26Cl2N2. The molecule has 2 nitrogen and oxygen atoms in total. The molecule has 2 fully saturated rings. The van der Waals surface area contributed by atoms with Crippen LogP contribution in [0, 0.1) is 12.8 Å². The second-order valence-electron chi connectivity index (χ2n) is 5.89. The van der Waals surface area contributed by atoms with Gasteiger partial charge in [-0.05, 0) is 24.8 Å². The van der Waals surface area contributed by atoms with Gasteiger partial charge in [0.25, 0.3) is 0 Å². The molecule has 20 heavy (non-hydrogen) atoms. The fraction of sp³-hybridized carbons (Fsp3) is 0.625. The van der Waals surface area contributed by atoms with Crippen LogP contribution >= 0.6 is 24.8 Å². The third-order valence-electron chi connectivity index (χ3n) is 4.31. The molecular weight excluding hydrogens is 291 g/mol. The molecule has 1 aliphatic carbocycles. The van der Waals surface area contributed by atoms with Crippen molar-refractivity contribution in [2.75, 3.05) is 26.2 Å². The highest BCUT2D eigenvalue weighted by Crippen LogP contribution is 2.40. The molecule has 1 aromatic carbocycles. The molecule has 1 aliphatic heterocycles. The summed E-state index contributed by atoms with van der Waals surface area (Å²) in [6.45, 7) is 6.86. The number of nitrogens with zero attached hydrogens (tertiary/aromatic N) is 1. The summed E-state index contributed by atoms with van der Waals surface area (Å²) in [5.74, 6) is 0.992. The summed E-state index contributed by atoms with van der Waals surface area (Å²) < 4.78 is 0. The Morgan fingerprint density at radius 1 is 1.10 bits per heavy atom. The Kier molecular flexibility index (Phi) is 7.32. The molecule has 114 valence electrons. The lowest BCUT2D eigenvalue weighted by Crippen LogP contribution is -2.45. The van der Waals surface area contributed by atoms with Gasteiger partial charge >= 0.3 is 0 Å². The lowest BCUT2D eigenvalue weighted by atomic mass is 9.98. The van der Waals surface area contributed by atoms with Crippen LogP contribution in [0.15, 0.2) is 24.3 Å². The second-order valence-corrected chi connectivity index (χ2v) is 5.89. The van der Waals surface area contributed by atoms with Crippen molar-refractivity contribution < 1.29 is 0 Å². The smallest absolute Gasteiger partial charge is 0.0351 e. The average molecular weight is 317 g/mol. The maximum atomic E-state index is 3.46. The fourth-order valence-electron chi connectivity index (χ4n) is 2.95. The van der Waals surface area contributed by atoms with E-state index in [1.807, 2.05) is 0 Å². The Morgan fingerprint density at radius 2 is 1.70 bits per heavy atom. The molecule has 0 amide bonds. The van der Waals surface area contributed by atoms with Gasteiger partial charge in [0.05, 0.1) is 0 Å². The molecule has 0 bridgehead atoms. The van der Waals surface area contributed by atoms with Crippen LogP contribution in [-0.2, 0) is 0 Å². The lowest BCUT2D eigenvalue weighted by Gasteiger charge is -2.35. The zero-order valence-electron chi connectivity index (χ0n) is 12.2. The number of benzene rings is 1. The van der Waals surface area contributed by atoms with Crippen LogP contribution in [0.5, 0.6) is 0 Å². The minimum atomic E-state index is 0. The summed E-state index contributed by atoms with van der Waals surface area (Å²) in [7, 11) is 0. The van der Waals surface area contributed by atoms with E-state index in [1.165, 1.54) is 43.5 Å². The first kappa shape index (κ1) is 17.8. The molecule has 0 unspecified atom stereocenters. The monoisotopic (exact) mass is 316 g/mol. The van der Waals surface area contributed by atoms with Gasteiger partial charge in [-0.25, -0.2) is 0 Å². The Labute approximate surface area is 135 Å². The Morgan fingerprint density at radius 3 is 2.25 bits per heavy atom. The van der Waals surface area contributed by atoms with E-state index in [2.05, 4.69) is 41.4 Å². The van der Waals surface area contributed by atoms with E-state index in [4.69, 9.17) is 0 Å². The number of nitrogens with one attached hydrogen (secondary N) is 1. The van der Waals surface area contributed by atoms with Gasteiger partial charge in [-0.15, -0.1) is 24.8 Å². The standard InChI is InChI=1S/C16H24N2.2ClH/c1-13-2-6-15(7-3-13)16(12-14-4-5-14)18-10-8-17-9-11-18;;/h2-3,6-7,14,16-17H,4-5,8-12H2,1H3;2*1H/t16-;;/m1../s1. The molecule has 0 aromatic heterocycles. The van der Waals surface area contributed by atoms with E-state index in [-0.39, 0.29) is 24.8 Å². The van der Waals surface area contributed by atoms with E-state index in [1.54, 1.807) is 0 Å². The molecule has 1 N–H and O–H groups in total. The summed E-state index contributed by atoms with van der Waals surface area (Å²) in [6, 6.07) is 9.85. The number of aryl methyl sites for hydroxylation is 1. The van der Waals surface area contributed by atoms with E-state index in [9.17, 15) is 0 Å². The van der Waals surface area contributed by atoms with Gasteiger partial charge in [-0.3, -0.25) is 4.90 Å². The quantitative estimate of drug-likeness (QED) is 0.913. The van der Waals surface area contributed by atoms with Crippen LogP contribution in [-0.4, -0.2) is 31.1 Å². The van der Waals surface area contributed by atoms with Crippen molar-refractivity contribution in [3.8, 4) is 0 Å². The molecule has 4 heteroatoms. The van der Waals surface area contributed by atoms with E-state index < -0.39 is 0 Å². The van der Waals surface area contributed by atoms with E-state index in [0.29, 0.717) is 6.04 Å². The Balaban J connectivity index is 0.000001000. The summed E-state index contributed by atoms with van der Waals surface area (Å²) in [5, 5.41) is 3.46. The maximum absolute atomic E-state index is 3.46. The molecule has 2 aliphatic rings. The van der Waals surface area contributed by atoms with Crippen molar-refractivity contribution in [2.24, 2.45) is 5.92 Å². The predicted molar refractivity (Wildman–Crippen MR) is 90.2 cm³/mol. The van der Waals surface area contributed by atoms with Crippen molar-refractivity contribution >= 4 is 24.8 Å². The fourth-order valence-corrected chi connectivity index (χ4v) is 2.95. The van der Waals surface area contributed by atoms with Crippen LogP contribution < -0.4 is 5.32 Å². The second kappa shape index (κ2) is 8.23. The third-order valence-corrected chi connectivity index (χ3v) is 4.31. The summed E-state index contributed by atoms with van der Waals surface area (Å²) >= 11 is 0. The molecule has 3 rings (SSSR count). The van der Waals surface area contributed by atoms with Gasteiger partial charge in [-0.2, -0.15) is 0 Å². The van der Waals surface area contributed by atoms with Gasteiger partial charge < -0.3 is 5.32 Å². The number of hydrogen-bond donors (Lipinski definition) is 1. The van der Waals surface area contributed by atoms with Crippen LogP contribution in [0.1, 0.15) is 36.4 Å². The Hall–Kier alpha value is -0.280. The maximum Gasteiger partial charge on any atom is 0.0351 e. The summed E-state index contributed by atoms with van der Waals surface area (Å²) in [6.07, 6.45) is 4.27. The van der Waals surface area contributed by atoms with Crippen molar-refractivity contribution in [3.05, 3.63) is 35.4 Å². The average Bonchev–Trinajstić information content (AvgIpc) is 3.22. The number of halogens is 2. The largest absolute Gasteiger partial charge is 0.314 e. The molecule has 1 saturated heterocycles. The summed E-state index contributed by atoms with van der Waals surface area (Å²) in [4.78, 5) is 2.68. The van der Waals surface area contributed by atoms with Gasteiger partial charge in [-0.1, -0.05) is 42.7 Å². The minimum Gasteiger partial charge on any atom is -0.314 e. The molecule has 1 atom stereocenters. The third kappa shape index (κ3) is 4.63. The van der Waals surface area contributed by atoms with Gasteiger partial charge in [0.1, 0.15) is 0 Å². The van der Waals surface area contributed by atoms with Crippen molar-refractivity contribution in [2.45, 2.75) is 32.2 Å². The predicted octanol–water partition coefficient (Wildman–Crippen LogP) is 3.59. The molecule has 0 spiro atoms. The van der Waals surface area contributed by atoms with Gasteiger partial charge in [0.15, 0.2) is 0 Å². The molecule has 1 heterocycles. The van der Waals surface area contributed by atoms with E-state index >= 15 is 0 Å². The SMILES string of the molecule is Cc1ccc([C@@H](CC2CC2)N2CCNCC2)cc1.Cl.Cl. The first-order valence-electron chi connectivity index (χ1n) is 7.34. The number of hydrogen-bond acceptors (Lipinski definition) is 2. The summed E-state index contributed by atoms with van der Waals surface area (Å²) in [5.41, 5.74) is 2.89. The molecule has 0 radical (unpaired) electrons. The van der Waals surface area contributed by atoms with E-state index in [0.717, 1.165) is 19.0 Å². The number of rotatable bonds is 4. The van der Waals surface area contributed by atoms with Crippen molar-refractivity contribution in [3.63, 3.8) is 0 Å². The van der Waals surface area contributed by atoms with Crippen molar-refractivity contribution in [1.29, 1.82) is 0 Å². The molecule has 1 saturated carbocycles. The topological polar surface area (TPSA) is 15.3 Å². The zero-order valence-corrected chi connectivity index (χ0v) is 13.8. The highest BCUT2D eigenvalue weighted by atomic mass is 35.5. The number of piperazine rings is 1. The molecule has 1 aromatic rings. The van der Waals surface area contributed by atoms with Gasteiger partial charge in [0.2, 0.25) is 0 Å². The van der Waals surface area contributed by atoms with Crippen LogP contribution in [0.4, 0.5) is 0 Å². The van der Waals surface area contributed by atoms with Gasteiger partial charge in [0, 0.05) is 32.2 Å². The van der Waals surface area contributed by atoms with Crippen LogP contribution in [0.25, 0.3) is 0 Å². The van der Waals surface area contributed by atoms with Crippen molar-refractivity contribution in [1.82, 2.24) is 10.2 Å². The first-order chi connectivity index (χ1) is 8.83. The van der Waals surface area contributed by atoms with Crippen LogP contribution in [0.2, 0.25) is 0 Å². The Bertz CT molecular complexity index is 384. The zero-order chi connectivity index (χ0) is 12.4. The first-order valence-corrected chi connectivity index (χ1v) is 7.34. The highest BCUT2D eigenvalue weighted by molar-refractivity contribution is 5.85. The highest BCUT2D eigenvalue weighted by Gasteiger charge is 2.30.